The number of carbonyl (C=O) groups excluding carboxylic acids is 1. The molecule has 5 N–H and O–H groups in total. The van der Waals surface area contributed by atoms with Gasteiger partial charge in [0.15, 0.2) is 5.84 Å². The number of amidine groups is 1. The largest absolute Gasteiger partial charge is 0.481 e. The number of nitrogens with one attached hydrogen (secondary N) is 2. The van der Waals surface area contributed by atoms with Crippen LogP contribution in [0.5, 0.6) is 5.88 Å². The zero-order chi connectivity index (χ0) is 29.7. The lowest BCUT2D eigenvalue weighted by molar-refractivity contribution is 0.0291. The van der Waals surface area contributed by atoms with Crippen LogP contribution in [0, 0.1) is 12.7 Å². The number of aliphatic hydroxyl groups is 1. The molecule has 2 atom stereocenters. The summed E-state index contributed by atoms with van der Waals surface area (Å²) in [5, 5.41) is 20.4. The molecule has 3 aromatic rings. The minimum atomic E-state index is -1.06. The molecule has 0 spiro atoms. The van der Waals surface area contributed by atoms with Gasteiger partial charge in [0.2, 0.25) is 11.8 Å². The van der Waals surface area contributed by atoms with E-state index >= 15 is 0 Å². The first-order valence-electron chi connectivity index (χ1n) is 13.0. The van der Waals surface area contributed by atoms with Gasteiger partial charge in [-0.25, -0.2) is 24.1 Å². The second kappa shape index (κ2) is 12.3. The van der Waals surface area contributed by atoms with E-state index in [0.29, 0.717) is 46.3 Å². The molecule has 12 nitrogen and oxygen atoms in total. The SMILES string of the molecule is COc1cccc(-c2cc(F)ccc2[C@H]2Cc3nc(N)nc(C)c3/C(=N/OC[C@@H](O)CNC(=O)OC(C)(C)C)N2)n1. The zero-order valence-corrected chi connectivity index (χ0v) is 23.6. The fourth-order valence-corrected chi connectivity index (χ4v) is 4.35. The highest BCUT2D eigenvalue weighted by atomic mass is 19.1. The molecule has 3 heterocycles. The van der Waals surface area contributed by atoms with Gasteiger partial charge in [0.05, 0.1) is 42.3 Å². The standard InChI is InChI=1S/C28H34FN7O5/c1-15-24-22(35-26(30)32-15)12-21(18-10-9-16(29)11-19(18)20-7-6-8-23(33-20)39-5)34-25(24)36-40-14-17(37)13-31-27(38)41-28(2,3)4/h6-11,17,21,37H,12-14H2,1-5H3,(H,31,38)(H,34,36)(H2,30,32,35)/t17-,21+/m0/s1. The van der Waals surface area contributed by atoms with Crippen molar-refractivity contribution in [3.8, 4) is 17.1 Å². The monoisotopic (exact) mass is 567 g/mol. The number of carbonyl (C=O) groups is 1. The van der Waals surface area contributed by atoms with Gasteiger partial charge in [0.1, 0.15) is 24.1 Å². The van der Waals surface area contributed by atoms with E-state index in [9.17, 15) is 14.3 Å². The molecule has 4 rings (SSSR count). The number of ether oxygens (including phenoxy) is 2. The lowest BCUT2D eigenvalue weighted by atomic mass is 9.90. The third-order valence-corrected chi connectivity index (χ3v) is 6.03. The van der Waals surface area contributed by atoms with Crippen molar-refractivity contribution < 1.29 is 28.6 Å². The maximum Gasteiger partial charge on any atom is 0.407 e. The average molecular weight is 568 g/mol. The number of pyridine rings is 1. The summed E-state index contributed by atoms with van der Waals surface area (Å²) in [5.41, 5.74) is 8.94. The van der Waals surface area contributed by atoms with Crippen molar-refractivity contribution in [2.45, 2.75) is 51.9 Å². The van der Waals surface area contributed by atoms with Crippen molar-refractivity contribution in [2.24, 2.45) is 5.16 Å². The predicted octanol–water partition coefficient (Wildman–Crippen LogP) is 3.03. The van der Waals surface area contributed by atoms with Crippen LogP contribution >= 0.6 is 0 Å². The molecule has 41 heavy (non-hydrogen) atoms. The van der Waals surface area contributed by atoms with Crippen molar-refractivity contribution in [3.05, 3.63) is 64.7 Å². The Kier molecular flexibility index (Phi) is 8.86. The van der Waals surface area contributed by atoms with Crippen LogP contribution < -0.4 is 21.1 Å². The van der Waals surface area contributed by atoms with Crippen LogP contribution in [0.2, 0.25) is 0 Å². The van der Waals surface area contributed by atoms with Gasteiger partial charge < -0.3 is 35.8 Å². The normalized spacial score (nSPS) is 16.4. The molecular weight excluding hydrogens is 533 g/mol. The summed E-state index contributed by atoms with van der Waals surface area (Å²) < 4.78 is 24.8. The molecule has 218 valence electrons. The van der Waals surface area contributed by atoms with Gasteiger partial charge in [-0.2, -0.15) is 0 Å². The smallest absolute Gasteiger partial charge is 0.407 e. The number of oxime groups is 1. The molecule has 1 aromatic carbocycles. The summed E-state index contributed by atoms with van der Waals surface area (Å²) in [6.07, 6.45) is -1.32. The van der Waals surface area contributed by atoms with Crippen molar-refractivity contribution in [2.75, 3.05) is 26.0 Å². The predicted molar refractivity (Wildman–Crippen MR) is 150 cm³/mol. The van der Waals surface area contributed by atoms with Crippen LogP contribution in [0.3, 0.4) is 0 Å². The number of anilines is 1. The third kappa shape index (κ3) is 7.57. The Hall–Kier alpha value is -4.52. The number of aliphatic hydroxyl groups excluding tert-OH is 1. The first-order valence-corrected chi connectivity index (χ1v) is 13.0. The van der Waals surface area contributed by atoms with Crippen LogP contribution in [-0.4, -0.2) is 64.0 Å². The Balaban J connectivity index is 1.59. The molecule has 0 saturated heterocycles. The average Bonchev–Trinajstić information content (AvgIpc) is 2.90. The summed E-state index contributed by atoms with van der Waals surface area (Å²) in [6.45, 7) is 6.68. The topological polar surface area (TPSA) is 166 Å². The third-order valence-electron chi connectivity index (χ3n) is 6.03. The van der Waals surface area contributed by atoms with Crippen LogP contribution in [-0.2, 0) is 16.0 Å². The summed E-state index contributed by atoms with van der Waals surface area (Å²) in [5.74, 6) is 0.402. The molecule has 0 saturated carbocycles. The first kappa shape index (κ1) is 29.5. The maximum absolute atomic E-state index is 14.4. The van der Waals surface area contributed by atoms with E-state index in [1.807, 2.05) is 0 Å². The van der Waals surface area contributed by atoms with Crippen LogP contribution in [0.4, 0.5) is 15.1 Å². The molecule has 0 fully saturated rings. The quantitative estimate of drug-likeness (QED) is 0.297. The first-order chi connectivity index (χ1) is 19.4. The summed E-state index contributed by atoms with van der Waals surface area (Å²) in [7, 11) is 1.51. The lowest BCUT2D eigenvalue weighted by Crippen LogP contribution is -2.39. The molecule has 0 radical (unpaired) electrons. The van der Waals surface area contributed by atoms with Gasteiger partial charge >= 0.3 is 6.09 Å². The molecule has 13 heteroatoms. The Morgan fingerprint density at radius 3 is 2.78 bits per heavy atom. The van der Waals surface area contributed by atoms with Gasteiger partial charge in [0.25, 0.3) is 0 Å². The number of hydrogen-bond acceptors (Lipinski definition) is 10. The number of alkyl carbamates (subject to hydrolysis) is 1. The number of nitrogen functional groups attached to an aromatic ring is 1. The minimum absolute atomic E-state index is 0.0996. The summed E-state index contributed by atoms with van der Waals surface area (Å²) >= 11 is 0. The second-order valence-electron chi connectivity index (χ2n) is 10.5. The fourth-order valence-electron chi connectivity index (χ4n) is 4.35. The van der Waals surface area contributed by atoms with Crippen LogP contribution in [0.1, 0.15) is 49.3 Å². The van der Waals surface area contributed by atoms with Crippen LogP contribution in [0.15, 0.2) is 41.6 Å². The highest BCUT2D eigenvalue weighted by Crippen LogP contribution is 2.34. The van der Waals surface area contributed by atoms with Crippen molar-refractivity contribution in [3.63, 3.8) is 0 Å². The van der Waals surface area contributed by atoms with E-state index in [4.69, 9.17) is 20.0 Å². The van der Waals surface area contributed by atoms with Gasteiger partial charge in [-0.15, -0.1) is 0 Å². The summed E-state index contributed by atoms with van der Waals surface area (Å²) in [6, 6.07) is 9.30. The lowest BCUT2D eigenvalue weighted by Gasteiger charge is -2.29. The highest BCUT2D eigenvalue weighted by molar-refractivity contribution is 6.01. The number of methoxy groups -OCH3 is 1. The summed E-state index contributed by atoms with van der Waals surface area (Å²) in [4.78, 5) is 30.5. The molecule has 2 aromatic heterocycles. The highest BCUT2D eigenvalue weighted by Gasteiger charge is 2.30. The molecule has 1 amide bonds. The zero-order valence-electron chi connectivity index (χ0n) is 23.6. The number of fused-ring (bicyclic) bond motifs is 1. The molecular formula is C28H34FN7O5. The van der Waals surface area contributed by atoms with Crippen molar-refractivity contribution in [1.82, 2.24) is 25.6 Å². The van der Waals surface area contributed by atoms with Gasteiger partial charge in [-0.05, 0) is 51.5 Å². The Labute approximate surface area is 237 Å². The number of nitrogens with zero attached hydrogens (tertiary/aromatic N) is 4. The van der Waals surface area contributed by atoms with Gasteiger partial charge in [0, 0.05) is 18.1 Å². The number of nitrogens with two attached hydrogens (primary N) is 1. The Morgan fingerprint density at radius 1 is 1.27 bits per heavy atom. The van der Waals surface area contributed by atoms with Crippen LogP contribution in [0.25, 0.3) is 11.3 Å². The van der Waals surface area contributed by atoms with E-state index in [2.05, 4.69) is 30.7 Å². The van der Waals surface area contributed by atoms with E-state index in [1.165, 1.54) is 19.2 Å². The van der Waals surface area contributed by atoms with E-state index in [-0.39, 0.29) is 19.1 Å². The minimum Gasteiger partial charge on any atom is -0.481 e. The molecule has 0 bridgehead atoms. The fraction of sp³-hybridized carbons (Fsp3) is 0.393. The van der Waals surface area contributed by atoms with E-state index in [0.717, 1.165) is 5.56 Å². The molecule has 0 aliphatic carbocycles. The number of aromatic nitrogens is 3. The number of rotatable bonds is 8. The molecule has 1 aliphatic rings. The molecule has 0 unspecified atom stereocenters. The Morgan fingerprint density at radius 2 is 2.05 bits per heavy atom. The van der Waals surface area contributed by atoms with Crippen molar-refractivity contribution >= 4 is 17.9 Å². The molecule has 1 aliphatic heterocycles. The number of benzene rings is 1. The van der Waals surface area contributed by atoms with Gasteiger partial charge in [-0.3, -0.25) is 0 Å². The number of halogens is 1. The number of hydrogen-bond donors (Lipinski definition) is 4. The van der Waals surface area contributed by atoms with E-state index in [1.54, 1.807) is 52.0 Å². The number of aryl methyl sites for hydroxylation is 1. The Bertz CT molecular complexity index is 1440. The maximum atomic E-state index is 14.4. The number of amides is 1. The second-order valence-corrected chi connectivity index (χ2v) is 10.5. The van der Waals surface area contributed by atoms with Gasteiger partial charge in [-0.1, -0.05) is 17.3 Å². The van der Waals surface area contributed by atoms with Crippen molar-refractivity contribution in [1.29, 1.82) is 0 Å². The van der Waals surface area contributed by atoms with E-state index < -0.39 is 29.7 Å².